The topological polar surface area (TPSA) is 43.8 Å². The predicted molar refractivity (Wildman–Crippen MR) is 79.2 cm³/mol. The van der Waals surface area contributed by atoms with Crippen LogP contribution >= 0.6 is 0 Å². The van der Waals surface area contributed by atoms with E-state index in [1.165, 1.54) is 6.07 Å². The molecular weight excluding hydrogens is 271 g/mol. The van der Waals surface area contributed by atoms with Gasteiger partial charge in [0.25, 0.3) is 0 Å². The molecule has 1 heterocycles. The average molecular weight is 294 g/mol. The number of benzene rings is 1. The lowest BCUT2D eigenvalue weighted by Gasteiger charge is -2.36. The summed E-state index contributed by atoms with van der Waals surface area (Å²) in [4.78, 5) is 15.8. The van der Waals surface area contributed by atoms with Gasteiger partial charge in [0.2, 0.25) is 5.91 Å². The van der Waals surface area contributed by atoms with Gasteiger partial charge in [-0.2, -0.15) is 0 Å². The first-order valence-corrected chi connectivity index (χ1v) is 7.29. The van der Waals surface area contributed by atoms with Crippen molar-refractivity contribution >= 4 is 5.91 Å². The molecule has 1 saturated heterocycles. The second-order valence-electron chi connectivity index (χ2n) is 6.11. The smallest absolute Gasteiger partial charge is 0.236 e. The van der Waals surface area contributed by atoms with Crippen LogP contribution in [0, 0.1) is 5.82 Å². The van der Waals surface area contributed by atoms with Crippen molar-refractivity contribution in [2.24, 2.45) is 0 Å². The van der Waals surface area contributed by atoms with E-state index in [1.807, 2.05) is 11.8 Å². The van der Waals surface area contributed by atoms with E-state index in [-0.39, 0.29) is 18.3 Å². The third kappa shape index (κ3) is 4.51. The van der Waals surface area contributed by atoms with Crippen LogP contribution in [-0.4, -0.2) is 53.1 Å². The molecule has 1 aliphatic heterocycles. The highest BCUT2D eigenvalue weighted by Gasteiger charge is 2.28. The lowest BCUT2D eigenvalue weighted by molar-refractivity contribution is -0.132. The van der Waals surface area contributed by atoms with Crippen LogP contribution in [0.4, 0.5) is 4.39 Å². The van der Waals surface area contributed by atoms with Gasteiger partial charge in [-0.15, -0.1) is 0 Å². The lowest BCUT2D eigenvalue weighted by Crippen LogP contribution is -2.46. The fourth-order valence-corrected chi connectivity index (χ4v) is 2.48. The summed E-state index contributed by atoms with van der Waals surface area (Å²) in [6.07, 6.45) is 1.36. The van der Waals surface area contributed by atoms with Crippen LogP contribution in [-0.2, 0) is 11.3 Å². The molecule has 1 aromatic carbocycles. The lowest BCUT2D eigenvalue weighted by atomic mass is 9.94. The second-order valence-corrected chi connectivity index (χ2v) is 6.11. The molecular formula is C16H23FN2O2. The standard InChI is InChI=1S/C16H23FN2O2/c1-16(21)7-9-19(10-8-16)12-15(20)18(2)11-13-5-3-4-6-14(13)17/h3-6,21H,7-12H2,1-2H3. The molecule has 0 aromatic heterocycles. The number of nitrogens with zero attached hydrogens (tertiary/aromatic N) is 2. The number of carbonyl (C=O) groups is 1. The minimum Gasteiger partial charge on any atom is -0.390 e. The molecule has 1 aromatic rings. The van der Waals surface area contributed by atoms with Crippen LogP contribution in [0.25, 0.3) is 0 Å². The molecule has 1 fully saturated rings. The minimum atomic E-state index is -0.612. The Labute approximate surface area is 125 Å². The zero-order valence-electron chi connectivity index (χ0n) is 12.7. The molecule has 1 aliphatic rings. The van der Waals surface area contributed by atoms with E-state index in [9.17, 15) is 14.3 Å². The van der Waals surface area contributed by atoms with Crippen LogP contribution < -0.4 is 0 Å². The number of halogens is 1. The van der Waals surface area contributed by atoms with Gasteiger partial charge in [-0.3, -0.25) is 9.69 Å². The normalized spacial score (nSPS) is 18.5. The molecule has 0 unspecified atom stereocenters. The number of rotatable bonds is 4. The van der Waals surface area contributed by atoms with Crippen LogP contribution in [0.3, 0.4) is 0 Å². The Kier molecular flexibility index (Phi) is 4.96. The van der Waals surface area contributed by atoms with E-state index in [0.717, 1.165) is 0 Å². The number of amides is 1. The Balaban J connectivity index is 1.85. The number of aliphatic hydroxyl groups is 1. The fraction of sp³-hybridized carbons (Fsp3) is 0.562. The van der Waals surface area contributed by atoms with E-state index >= 15 is 0 Å². The highest BCUT2D eigenvalue weighted by Crippen LogP contribution is 2.21. The number of likely N-dealkylation sites (N-methyl/N-ethyl adjacent to an activating group) is 1. The van der Waals surface area contributed by atoms with Crippen LogP contribution in [0.1, 0.15) is 25.3 Å². The highest BCUT2D eigenvalue weighted by atomic mass is 19.1. The zero-order valence-corrected chi connectivity index (χ0v) is 12.7. The van der Waals surface area contributed by atoms with Crippen molar-refractivity contribution in [1.29, 1.82) is 0 Å². The van der Waals surface area contributed by atoms with Crippen molar-refractivity contribution in [1.82, 2.24) is 9.80 Å². The summed E-state index contributed by atoms with van der Waals surface area (Å²) in [6, 6.07) is 6.50. The Hall–Kier alpha value is -1.46. The molecule has 2 rings (SSSR count). The highest BCUT2D eigenvalue weighted by molar-refractivity contribution is 5.78. The van der Waals surface area contributed by atoms with Crippen LogP contribution in [0.2, 0.25) is 0 Å². The average Bonchev–Trinajstić information content (AvgIpc) is 2.43. The van der Waals surface area contributed by atoms with Crippen LogP contribution in [0.5, 0.6) is 0 Å². The van der Waals surface area contributed by atoms with Gasteiger partial charge in [0.05, 0.1) is 12.1 Å². The molecule has 21 heavy (non-hydrogen) atoms. The quantitative estimate of drug-likeness (QED) is 0.918. The minimum absolute atomic E-state index is 0.0280. The SMILES string of the molecule is CN(Cc1ccccc1F)C(=O)CN1CCC(C)(O)CC1. The maximum atomic E-state index is 13.6. The summed E-state index contributed by atoms with van der Waals surface area (Å²) in [7, 11) is 1.69. The predicted octanol–water partition coefficient (Wildman–Crippen LogP) is 1.63. The molecule has 1 amide bonds. The molecule has 5 heteroatoms. The summed E-state index contributed by atoms with van der Waals surface area (Å²) in [5, 5.41) is 9.90. The Morgan fingerprint density at radius 1 is 1.38 bits per heavy atom. The van der Waals surface area contributed by atoms with Gasteiger partial charge in [0.15, 0.2) is 0 Å². The third-order valence-electron chi connectivity index (χ3n) is 4.08. The third-order valence-corrected chi connectivity index (χ3v) is 4.08. The summed E-state index contributed by atoms with van der Waals surface area (Å²) in [5.41, 5.74) is -0.0894. The summed E-state index contributed by atoms with van der Waals surface area (Å²) >= 11 is 0. The van der Waals surface area contributed by atoms with Crippen molar-refractivity contribution in [2.75, 3.05) is 26.7 Å². The molecule has 0 spiro atoms. The second kappa shape index (κ2) is 6.54. The molecule has 0 bridgehead atoms. The van der Waals surface area contributed by atoms with Gasteiger partial charge >= 0.3 is 0 Å². The van der Waals surface area contributed by atoms with Gasteiger partial charge in [-0.05, 0) is 25.8 Å². The largest absolute Gasteiger partial charge is 0.390 e. The summed E-state index contributed by atoms with van der Waals surface area (Å²) in [5.74, 6) is -0.314. The zero-order chi connectivity index (χ0) is 15.5. The van der Waals surface area contributed by atoms with Gasteiger partial charge in [0, 0.05) is 32.2 Å². The molecule has 1 N–H and O–H groups in total. The van der Waals surface area contributed by atoms with Gasteiger partial charge in [-0.25, -0.2) is 4.39 Å². The summed E-state index contributed by atoms with van der Waals surface area (Å²) in [6.45, 7) is 3.85. The van der Waals surface area contributed by atoms with Gasteiger partial charge in [-0.1, -0.05) is 18.2 Å². The van der Waals surface area contributed by atoms with Gasteiger partial charge < -0.3 is 10.0 Å². The molecule has 0 aliphatic carbocycles. The number of carbonyl (C=O) groups excluding carboxylic acids is 1. The molecule has 4 nitrogen and oxygen atoms in total. The van der Waals surface area contributed by atoms with Gasteiger partial charge in [0.1, 0.15) is 5.82 Å². The summed E-state index contributed by atoms with van der Waals surface area (Å²) < 4.78 is 13.6. The molecule has 0 saturated carbocycles. The van der Waals surface area contributed by atoms with Crippen molar-refractivity contribution < 1.29 is 14.3 Å². The maximum absolute atomic E-state index is 13.6. The number of hydrogen-bond donors (Lipinski definition) is 1. The Morgan fingerprint density at radius 2 is 2.00 bits per heavy atom. The van der Waals surface area contributed by atoms with E-state index in [4.69, 9.17) is 0 Å². The van der Waals surface area contributed by atoms with Crippen molar-refractivity contribution in [3.63, 3.8) is 0 Å². The number of piperidine rings is 1. The van der Waals surface area contributed by atoms with Crippen molar-refractivity contribution in [3.05, 3.63) is 35.6 Å². The molecule has 116 valence electrons. The first-order valence-electron chi connectivity index (χ1n) is 7.29. The maximum Gasteiger partial charge on any atom is 0.236 e. The van der Waals surface area contributed by atoms with Crippen LogP contribution in [0.15, 0.2) is 24.3 Å². The number of hydrogen-bond acceptors (Lipinski definition) is 3. The van der Waals surface area contributed by atoms with E-state index in [2.05, 4.69) is 0 Å². The molecule has 0 atom stereocenters. The van der Waals surface area contributed by atoms with Crippen molar-refractivity contribution in [2.45, 2.75) is 31.9 Å². The van der Waals surface area contributed by atoms with E-state index in [0.29, 0.717) is 38.0 Å². The Morgan fingerprint density at radius 3 is 2.62 bits per heavy atom. The van der Waals surface area contributed by atoms with E-state index in [1.54, 1.807) is 30.1 Å². The first-order chi connectivity index (χ1) is 9.87. The van der Waals surface area contributed by atoms with Crippen molar-refractivity contribution in [3.8, 4) is 0 Å². The first kappa shape index (κ1) is 15.9. The molecule has 0 radical (unpaired) electrons. The fourth-order valence-electron chi connectivity index (χ4n) is 2.48. The number of likely N-dealkylation sites (tertiary alicyclic amines) is 1. The monoisotopic (exact) mass is 294 g/mol. The van der Waals surface area contributed by atoms with E-state index < -0.39 is 5.60 Å². The Bertz CT molecular complexity index is 495.